The van der Waals surface area contributed by atoms with Crippen molar-refractivity contribution < 1.29 is 4.74 Å². The van der Waals surface area contributed by atoms with E-state index in [1.807, 2.05) is 24.3 Å². The van der Waals surface area contributed by atoms with Crippen LogP contribution in [-0.4, -0.2) is 44.1 Å². The Hall–Kier alpha value is -1.59. The fraction of sp³-hybridized carbons (Fsp3) is 0.632. The summed E-state index contributed by atoms with van der Waals surface area (Å²) in [7, 11) is 1.69. The molecule has 5 nitrogen and oxygen atoms in total. The van der Waals surface area contributed by atoms with Crippen LogP contribution in [0.3, 0.4) is 0 Å². The molecule has 1 fully saturated rings. The highest BCUT2D eigenvalue weighted by molar-refractivity contribution is 5.92. The van der Waals surface area contributed by atoms with Crippen LogP contribution in [-0.2, 0) is 11.3 Å². The molecule has 1 saturated heterocycles. The highest BCUT2D eigenvalue weighted by Crippen LogP contribution is 2.16. The number of nitrogens with one attached hydrogen (secondary N) is 1. The number of guanidine groups is 1. The maximum absolute atomic E-state index is 6.00. The molecule has 1 aromatic carbocycles. The first kappa shape index (κ1) is 18.7. The lowest BCUT2D eigenvalue weighted by molar-refractivity contribution is 0.185. The zero-order valence-corrected chi connectivity index (χ0v) is 15.1. The van der Waals surface area contributed by atoms with Crippen LogP contribution >= 0.6 is 0 Å². The van der Waals surface area contributed by atoms with Gasteiger partial charge in [0.25, 0.3) is 0 Å². The number of benzene rings is 1. The van der Waals surface area contributed by atoms with Crippen molar-refractivity contribution in [2.75, 3.05) is 38.6 Å². The van der Waals surface area contributed by atoms with Gasteiger partial charge in [-0.05, 0) is 57.3 Å². The Morgan fingerprint density at radius 1 is 1.29 bits per heavy atom. The van der Waals surface area contributed by atoms with E-state index in [0.717, 1.165) is 30.1 Å². The summed E-state index contributed by atoms with van der Waals surface area (Å²) in [4.78, 5) is 7.02. The molecule has 0 aromatic heterocycles. The van der Waals surface area contributed by atoms with Crippen LogP contribution in [0.5, 0.6) is 0 Å². The van der Waals surface area contributed by atoms with Crippen molar-refractivity contribution >= 4 is 11.6 Å². The minimum absolute atomic E-state index is 0.477. The number of aliphatic imine (C=N–C) groups is 1. The zero-order chi connectivity index (χ0) is 17.2. The molecule has 2 rings (SSSR count). The van der Waals surface area contributed by atoms with Crippen LogP contribution < -0.4 is 11.1 Å². The van der Waals surface area contributed by atoms with Gasteiger partial charge in [-0.25, -0.2) is 0 Å². The Morgan fingerprint density at radius 3 is 2.79 bits per heavy atom. The van der Waals surface area contributed by atoms with Crippen molar-refractivity contribution in [3.63, 3.8) is 0 Å². The molecule has 0 bridgehead atoms. The van der Waals surface area contributed by atoms with E-state index in [4.69, 9.17) is 10.5 Å². The lowest BCUT2D eigenvalue weighted by Crippen LogP contribution is -2.33. The summed E-state index contributed by atoms with van der Waals surface area (Å²) in [5.41, 5.74) is 8.04. The number of methoxy groups -OCH3 is 1. The molecular formula is C19H32N4O. The van der Waals surface area contributed by atoms with Gasteiger partial charge in [-0.3, -0.25) is 4.99 Å². The molecule has 1 aliphatic rings. The van der Waals surface area contributed by atoms with Gasteiger partial charge in [0.1, 0.15) is 0 Å². The number of nitrogens with zero attached hydrogens (tertiary/aromatic N) is 2. The first-order chi connectivity index (χ1) is 11.7. The molecule has 1 aromatic rings. The van der Waals surface area contributed by atoms with Crippen molar-refractivity contribution in [1.82, 2.24) is 4.90 Å². The van der Waals surface area contributed by atoms with Crippen LogP contribution in [0.15, 0.2) is 29.3 Å². The predicted octanol–water partition coefficient (Wildman–Crippen LogP) is 3.07. The number of hydrogen-bond donors (Lipinski definition) is 2. The lowest BCUT2D eigenvalue weighted by atomic mass is 9.99. The molecule has 0 amide bonds. The van der Waals surface area contributed by atoms with E-state index in [1.54, 1.807) is 7.11 Å². The number of para-hydroxylation sites is 1. The maximum atomic E-state index is 6.00. The van der Waals surface area contributed by atoms with Gasteiger partial charge in [0.05, 0.1) is 6.61 Å². The van der Waals surface area contributed by atoms with E-state index in [0.29, 0.717) is 12.6 Å². The SMILES string of the molecule is COCc1ccccc1NC(N)=NCCCCN1CCC(C)CC1. The Balaban J connectivity index is 1.67. The van der Waals surface area contributed by atoms with Gasteiger partial charge in [0, 0.05) is 24.9 Å². The third-order valence-electron chi connectivity index (χ3n) is 4.62. The van der Waals surface area contributed by atoms with Gasteiger partial charge in [-0.1, -0.05) is 25.1 Å². The average Bonchev–Trinajstić information content (AvgIpc) is 2.58. The summed E-state index contributed by atoms with van der Waals surface area (Å²) in [6.07, 6.45) is 4.95. The molecule has 0 spiro atoms. The number of rotatable bonds is 8. The molecule has 3 N–H and O–H groups in total. The van der Waals surface area contributed by atoms with Crippen LogP contribution in [0.4, 0.5) is 5.69 Å². The average molecular weight is 332 g/mol. The van der Waals surface area contributed by atoms with Gasteiger partial charge in [0.2, 0.25) is 0 Å². The molecule has 0 atom stereocenters. The molecule has 134 valence electrons. The molecule has 0 saturated carbocycles. The number of unbranched alkanes of at least 4 members (excludes halogenated alkanes) is 1. The van der Waals surface area contributed by atoms with E-state index in [2.05, 4.69) is 22.1 Å². The first-order valence-corrected chi connectivity index (χ1v) is 9.05. The van der Waals surface area contributed by atoms with Crippen molar-refractivity contribution in [3.05, 3.63) is 29.8 Å². The number of hydrogen-bond acceptors (Lipinski definition) is 3. The first-order valence-electron chi connectivity index (χ1n) is 9.05. The molecule has 1 heterocycles. The quantitative estimate of drug-likeness (QED) is 0.436. The maximum Gasteiger partial charge on any atom is 0.193 e. The van der Waals surface area contributed by atoms with Crippen molar-refractivity contribution in [1.29, 1.82) is 0 Å². The minimum atomic E-state index is 0.477. The van der Waals surface area contributed by atoms with Crippen LogP contribution in [0.25, 0.3) is 0 Å². The van der Waals surface area contributed by atoms with E-state index < -0.39 is 0 Å². The van der Waals surface area contributed by atoms with E-state index >= 15 is 0 Å². The topological polar surface area (TPSA) is 62.9 Å². The number of likely N-dealkylation sites (tertiary alicyclic amines) is 1. The van der Waals surface area contributed by atoms with Crippen molar-refractivity contribution in [2.24, 2.45) is 16.6 Å². The normalized spacial score (nSPS) is 17.2. The van der Waals surface area contributed by atoms with Gasteiger partial charge in [-0.15, -0.1) is 0 Å². The fourth-order valence-electron chi connectivity index (χ4n) is 3.03. The van der Waals surface area contributed by atoms with E-state index in [1.165, 1.54) is 38.9 Å². The van der Waals surface area contributed by atoms with Crippen LogP contribution in [0, 0.1) is 5.92 Å². The highest BCUT2D eigenvalue weighted by Gasteiger charge is 2.14. The largest absolute Gasteiger partial charge is 0.380 e. The standard InChI is InChI=1S/C19H32N4O/c1-16-9-13-23(14-10-16)12-6-5-11-21-19(20)22-18-8-4-3-7-17(18)15-24-2/h3-4,7-8,16H,5-6,9-15H2,1-2H3,(H3,20,21,22). The fourth-order valence-corrected chi connectivity index (χ4v) is 3.03. The van der Waals surface area contributed by atoms with Crippen LogP contribution in [0.2, 0.25) is 0 Å². The third-order valence-corrected chi connectivity index (χ3v) is 4.62. The van der Waals surface area contributed by atoms with Crippen molar-refractivity contribution in [2.45, 2.75) is 39.2 Å². The van der Waals surface area contributed by atoms with Gasteiger partial charge in [-0.2, -0.15) is 0 Å². The summed E-state index contributed by atoms with van der Waals surface area (Å²) in [6.45, 7) is 7.38. The van der Waals surface area contributed by atoms with Gasteiger partial charge in [0.15, 0.2) is 5.96 Å². The second kappa shape index (κ2) is 10.3. The second-order valence-corrected chi connectivity index (χ2v) is 6.71. The Kier molecular flexibility index (Phi) is 8.05. The zero-order valence-electron chi connectivity index (χ0n) is 15.1. The minimum Gasteiger partial charge on any atom is -0.380 e. The summed E-state index contributed by atoms with van der Waals surface area (Å²) >= 11 is 0. The van der Waals surface area contributed by atoms with Gasteiger partial charge >= 0.3 is 0 Å². The number of nitrogens with two attached hydrogens (primary N) is 1. The van der Waals surface area contributed by atoms with Crippen molar-refractivity contribution in [3.8, 4) is 0 Å². The summed E-state index contributed by atoms with van der Waals surface area (Å²) in [5, 5.41) is 3.18. The molecule has 5 heteroatoms. The molecule has 0 unspecified atom stereocenters. The Morgan fingerprint density at radius 2 is 2.04 bits per heavy atom. The molecular weight excluding hydrogens is 300 g/mol. The summed E-state index contributed by atoms with van der Waals surface area (Å²) in [6, 6.07) is 8.00. The van der Waals surface area contributed by atoms with E-state index in [-0.39, 0.29) is 0 Å². The molecule has 24 heavy (non-hydrogen) atoms. The molecule has 0 radical (unpaired) electrons. The third kappa shape index (κ3) is 6.49. The smallest absolute Gasteiger partial charge is 0.193 e. The number of piperidine rings is 1. The monoisotopic (exact) mass is 332 g/mol. The van der Waals surface area contributed by atoms with Gasteiger partial charge < -0.3 is 20.7 Å². The summed E-state index contributed by atoms with van der Waals surface area (Å²) in [5.74, 6) is 1.38. The number of ether oxygens (including phenoxy) is 1. The van der Waals surface area contributed by atoms with E-state index in [9.17, 15) is 0 Å². The Bertz CT molecular complexity index is 510. The van der Waals surface area contributed by atoms with Crippen LogP contribution in [0.1, 0.15) is 38.2 Å². The molecule has 1 aliphatic heterocycles. The lowest BCUT2D eigenvalue weighted by Gasteiger charge is -2.30. The predicted molar refractivity (Wildman–Crippen MR) is 101 cm³/mol. The summed E-state index contributed by atoms with van der Waals surface area (Å²) < 4.78 is 5.20. The second-order valence-electron chi connectivity index (χ2n) is 6.71. The Labute approximate surface area is 146 Å². The highest BCUT2D eigenvalue weighted by atomic mass is 16.5. The molecule has 0 aliphatic carbocycles. The number of anilines is 1.